The average molecular weight is 476 g/mol. The largest absolute Gasteiger partial charge is 0.610 e. The van der Waals surface area contributed by atoms with Crippen molar-refractivity contribution in [3.05, 3.63) is 83.1 Å². The summed E-state index contributed by atoms with van der Waals surface area (Å²) >= 11 is 5.93. The summed E-state index contributed by atoms with van der Waals surface area (Å²) in [5.41, 5.74) is 1.58. The lowest BCUT2D eigenvalue weighted by Crippen LogP contribution is -2.48. The van der Waals surface area contributed by atoms with Crippen LogP contribution in [0.4, 0.5) is 20.6 Å². The van der Waals surface area contributed by atoms with Crippen LogP contribution in [0.25, 0.3) is 0 Å². The van der Waals surface area contributed by atoms with Gasteiger partial charge >= 0.3 is 14.0 Å². The molecule has 1 aliphatic heterocycles. The van der Waals surface area contributed by atoms with Gasteiger partial charge in [0.25, 0.3) is 0 Å². The molecule has 3 aromatic rings. The van der Waals surface area contributed by atoms with Crippen molar-refractivity contribution < 1.29 is 23.3 Å². The zero-order chi connectivity index (χ0) is 22.7. The maximum Gasteiger partial charge on any atom is 0.355 e. The number of nitrogens with zero attached hydrogens (tertiary/aromatic N) is 1. The molecule has 3 aromatic carbocycles. The van der Waals surface area contributed by atoms with E-state index < -0.39 is 19.9 Å². The molecule has 0 spiro atoms. The van der Waals surface area contributed by atoms with Crippen molar-refractivity contribution in [2.45, 2.75) is 13.5 Å². The molecule has 0 aromatic heterocycles. The molecule has 0 radical (unpaired) electrons. The molecule has 32 heavy (non-hydrogen) atoms. The Labute approximate surface area is 190 Å². The van der Waals surface area contributed by atoms with Crippen LogP contribution in [-0.2, 0) is 6.54 Å². The first kappa shape index (κ1) is 22.1. The summed E-state index contributed by atoms with van der Waals surface area (Å²) in [4.78, 5) is 26.5. The smallest absolute Gasteiger partial charge is 0.355 e. The van der Waals surface area contributed by atoms with Gasteiger partial charge in [0, 0.05) is 11.3 Å². The van der Waals surface area contributed by atoms with Crippen LogP contribution in [0.1, 0.15) is 12.5 Å². The summed E-state index contributed by atoms with van der Waals surface area (Å²) in [6.45, 7) is 2.57. The molecule has 2 amide bonds. The fourth-order valence-electron chi connectivity index (χ4n) is 3.22. The minimum absolute atomic E-state index is 0.133. The van der Waals surface area contributed by atoms with Gasteiger partial charge in [-0.1, -0.05) is 29.8 Å². The average Bonchev–Trinajstić information content (AvgIpc) is 2.76. The number of hydrogen-bond acceptors (Lipinski definition) is 5. The van der Waals surface area contributed by atoms with E-state index in [9.17, 15) is 14.1 Å². The fraction of sp³-hybridized carbons (Fsp3) is 0.136. The SMILES string of the molecule is CCOc1ccc(NC(=O)N[P+]2([O-])Oc3ccccc3CN2c2ccc(F)c(Cl)c2)cc1. The van der Waals surface area contributed by atoms with Crippen molar-refractivity contribution in [2.75, 3.05) is 16.6 Å². The number of benzene rings is 3. The number of halogens is 2. The standard InChI is InChI=1S/C22H20ClFN3O4P/c1-2-30-18-10-7-16(8-11-18)25-22(28)26-32(29)27(17-9-12-20(24)19(23)13-17)14-15-5-3-4-6-21(15)31-32/h3-13H,2,14H2,1H3,(H2,25,26,28,29). The number of hydrogen-bond donors (Lipinski definition) is 2. The van der Waals surface area contributed by atoms with Gasteiger partial charge < -0.3 is 19.5 Å². The lowest BCUT2D eigenvalue weighted by Gasteiger charge is -2.41. The molecule has 0 aliphatic carbocycles. The van der Waals surface area contributed by atoms with Gasteiger partial charge in [-0.15, -0.1) is 0 Å². The third kappa shape index (κ3) is 4.72. The van der Waals surface area contributed by atoms with Crippen molar-refractivity contribution >= 4 is 37.0 Å². The molecule has 4 rings (SSSR count). The van der Waals surface area contributed by atoms with Crippen LogP contribution in [0.15, 0.2) is 66.7 Å². The van der Waals surface area contributed by atoms with Gasteiger partial charge in [-0.05, 0) is 55.5 Å². The number of carbonyl (C=O) groups is 1. The first-order valence-electron chi connectivity index (χ1n) is 9.81. The number of urea groups is 1. The summed E-state index contributed by atoms with van der Waals surface area (Å²) in [5, 5.41) is 4.95. The summed E-state index contributed by atoms with van der Waals surface area (Å²) in [5.74, 6) is 0.448. The van der Waals surface area contributed by atoms with Crippen molar-refractivity contribution in [3.8, 4) is 11.5 Å². The molecule has 0 saturated carbocycles. The minimum Gasteiger partial charge on any atom is -0.610 e. The Morgan fingerprint density at radius 1 is 1.22 bits per heavy atom. The van der Waals surface area contributed by atoms with Crippen molar-refractivity contribution in [1.29, 1.82) is 0 Å². The van der Waals surface area contributed by atoms with Crippen LogP contribution in [0.2, 0.25) is 5.02 Å². The van der Waals surface area contributed by atoms with Crippen LogP contribution in [0.3, 0.4) is 0 Å². The monoisotopic (exact) mass is 475 g/mol. The highest BCUT2D eigenvalue weighted by Crippen LogP contribution is 2.57. The molecule has 0 saturated heterocycles. The molecule has 1 aliphatic rings. The van der Waals surface area contributed by atoms with E-state index in [1.165, 1.54) is 22.9 Å². The van der Waals surface area contributed by atoms with Gasteiger partial charge in [-0.25, -0.2) is 9.18 Å². The van der Waals surface area contributed by atoms with E-state index in [-0.39, 0.29) is 11.6 Å². The van der Waals surface area contributed by atoms with Gasteiger partial charge in [0.1, 0.15) is 11.6 Å². The Morgan fingerprint density at radius 2 is 1.97 bits per heavy atom. The van der Waals surface area contributed by atoms with Crippen LogP contribution in [0, 0.1) is 5.82 Å². The van der Waals surface area contributed by atoms with Gasteiger partial charge in [0.15, 0.2) is 5.75 Å². The lowest BCUT2D eigenvalue weighted by molar-refractivity contribution is -0.189. The van der Waals surface area contributed by atoms with Crippen molar-refractivity contribution in [1.82, 2.24) is 5.09 Å². The summed E-state index contributed by atoms with van der Waals surface area (Å²) in [6, 6.07) is 17.0. The van der Waals surface area contributed by atoms with E-state index in [0.717, 1.165) is 5.56 Å². The van der Waals surface area contributed by atoms with E-state index in [1.807, 2.05) is 19.1 Å². The number of para-hydroxylation sites is 1. The first-order valence-corrected chi connectivity index (χ1v) is 11.8. The third-order valence-electron chi connectivity index (χ3n) is 4.70. The lowest BCUT2D eigenvalue weighted by atomic mass is 10.2. The van der Waals surface area contributed by atoms with E-state index in [2.05, 4.69) is 10.4 Å². The number of rotatable bonds is 5. The number of fused-ring (bicyclic) bond motifs is 1. The van der Waals surface area contributed by atoms with Crippen LogP contribution in [0.5, 0.6) is 11.5 Å². The molecule has 166 valence electrons. The highest BCUT2D eigenvalue weighted by atomic mass is 35.5. The summed E-state index contributed by atoms with van der Waals surface area (Å²) in [7, 11) is -3.96. The molecule has 7 nitrogen and oxygen atoms in total. The van der Waals surface area contributed by atoms with E-state index in [1.54, 1.807) is 36.4 Å². The van der Waals surface area contributed by atoms with Crippen LogP contribution >= 0.6 is 19.6 Å². The highest BCUT2D eigenvalue weighted by Gasteiger charge is 2.45. The van der Waals surface area contributed by atoms with Gasteiger partial charge in [-0.2, -0.15) is 9.76 Å². The Morgan fingerprint density at radius 3 is 2.69 bits per heavy atom. The number of nitrogens with one attached hydrogen (secondary N) is 2. The van der Waals surface area contributed by atoms with Gasteiger partial charge in [0.05, 0.1) is 23.9 Å². The number of ether oxygens (including phenoxy) is 1. The highest BCUT2D eigenvalue weighted by molar-refractivity contribution is 7.65. The zero-order valence-corrected chi connectivity index (χ0v) is 18.7. The quantitative estimate of drug-likeness (QED) is 0.499. The molecular weight excluding hydrogens is 456 g/mol. The van der Waals surface area contributed by atoms with Gasteiger partial charge in [0.2, 0.25) is 0 Å². The molecule has 2 N–H and O–H groups in total. The maximum absolute atomic E-state index is 13.8. The maximum atomic E-state index is 13.8. The second-order valence-electron chi connectivity index (χ2n) is 6.90. The van der Waals surface area contributed by atoms with Crippen LogP contribution < -0.4 is 29.2 Å². The molecule has 10 heteroatoms. The summed E-state index contributed by atoms with van der Waals surface area (Å²) < 4.78 is 26.2. The number of carbonyl (C=O) groups excluding carboxylic acids is 1. The zero-order valence-electron chi connectivity index (χ0n) is 17.0. The Balaban J connectivity index is 1.59. The van der Waals surface area contributed by atoms with Crippen molar-refractivity contribution in [3.63, 3.8) is 0 Å². The molecule has 0 fully saturated rings. The Kier molecular flexibility index (Phi) is 6.37. The van der Waals surface area contributed by atoms with Crippen LogP contribution in [-0.4, -0.2) is 12.6 Å². The Hall–Kier alpha value is -3.06. The van der Waals surface area contributed by atoms with Gasteiger partial charge in [-0.3, -0.25) is 0 Å². The van der Waals surface area contributed by atoms with Crippen molar-refractivity contribution in [2.24, 2.45) is 0 Å². The fourth-order valence-corrected chi connectivity index (χ4v) is 5.19. The minimum atomic E-state index is -3.96. The molecule has 1 unspecified atom stereocenters. The van der Waals surface area contributed by atoms with E-state index >= 15 is 0 Å². The predicted molar refractivity (Wildman–Crippen MR) is 121 cm³/mol. The summed E-state index contributed by atoms with van der Waals surface area (Å²) in [6.07, 6.45) is 0. The second-order valence-corrected chi connectivity index (χ2v) is 9.24. The molecule has 1 heterocycles. The normalized spacial score (nSPS) is 17.2. The Bertz CT molecular complexity index is 1130. The predicted octanol–water partition coefficient (Wildman–Crippen LogP) is 5.14. The number of anilines is 2. The third-order valence-corrected chi connectivity index (χ3v) is 6.93. The second kappa shape index (κ2) is 9.20. The van der Waals surface area contributed by atoms with E-state index in [0.29, 0.717) is 29.5 Å². The topological polar surface area (TPSA) is 85.9 Å². The van der Waals surface area contributed by atoms with E-state index in [4.69, 9.17) is 20.9 Å². The molecular formula is C22H20ClFN3O4P. The number of amides is 2. The molecule has 0 bridgehead atoms. The molecule has 1 atom stereocenters. The first-order chi connectivity index (χ1) is 15.4.